The number of benzene rings is 1. The zero-order chi connectivity index (χ0) is 17.3. The second-order valence-corrected chi connectivity index (χ2v) is 6.17. The van der Waals surface area contributed by atoms with Gasteiger partial charge in [0.15, 0.2) is 0 Å². The van der Waals surface area contributed by atoms with E-state index in [1.165, 1.54) is 6.07 Å². The first kappa shape index (κ1) is 17.8. The lowest BCUT2D eigenvalue weighted by atomic mass is 10.1. The number of aromatic nitrogens is 2. The number of halogens is 1. The molecule has 2 aromatic rings. The molecular weight excluding hydrogens is 321 g/mol. The maximum absolute atomic E-state index is 13.4. The van der Waals surface area contributed by atoms with Gasteiger partial charge in [-0.25, -0.2) is 9.37 Å². The van der Waals surface area contributed by atoms with Gasteiger partial charge in [-0.1, -0.05) is 12.1 Å². The summed E-state index contributed by atoms with van der Waals surface area (Å²) in [6.07, 6.45) is 6.38. The molecule has 1 aromatic carbocycles. The summed E-state index contributed by atoms with van der Waals surface area (Å²) in [6, 6.07) is 6.80. The van der Waals surface area contributed by atoms with Gasteiger partial charge in [0.2, 0.25) is 5.88 Å². The SMILES string of the molecule is Fc1cccc(CN2CCCCc3cncc(n3)OCCOCC2)c1. The van der Waals surface area contributed by atoms with Crippen LogP contribution in [0.15, 0.2) is 36.7 Å². The molecule has 0 aliphatic carbocycles. The summed E-state index contributed by atoms with van der Waals surface area (Å²) < 4.78 is 24.6. The van der Waals surface area contributed by atoms with Crippen molar-refractivity contribution in [2.24, 2.45) is 0 Å². The molecule has 134 valence electrons. The largest absolute Gasteiger partial charge is 0.474 e. The molecule has 0 saturated carbocycles. The second-order valence-electron chi connectivity index (χ2n) is 6.17. The van der Waals surface area contributed by atoms with Gasteiger partial charge in [0.1, 0.15) is 12.4 Å². The van der Waals surface area contributed by atoms with Crippen molar-refractivity contribution in [3.05, 3.63) is 53.7 Å². The first-order valence-electron chi connectivity index (χ1n) is 8.78. The van der Waals surface area contributed by atoms with Crippen LogP contribution in [0.25, 0.3) is 0 Å². The monoisotopic (exact) mass is 345 g/mol. The topological polar surface area (TPSA) is 47.5 Å². The van der Waals surface area contributed by atoms with E-state index < -0.39 is 0 Å². The fraction of sp³-hybridized carbons (Fsp3) is 0.474. The molecule has 25 heavy (non-hydrogen) atoms. The summed E-state index contributed by atoms with van der Waals surface area (Å²) in [5, 5.41) is 0. The Morgan fingerprint density at radius 1 is 1.08 bits per heavy atom. The Bertz CT molecular complexity index is 669. The Labute approximate surface area is 147 Å². The van der Waals surface area contributed by atoms with Gasteiger partial charge in [-0.15, -0.1) is 0 Å². The lowest BCUT2D eigenvalue weighted by molar-refractivity contribution is 0.0758. The average Bonchev–Trinajstić information content (AvgIpc) is 2.61. The van der Waals surface area contributed by atoms with E-state index in [0.717, 1.165) is 50.2 Å². The molecule has 3 rings (SSSR count). The number of ether oxygens (including phenoxy) is 2. The molecule has 1 aliphatic heterocycles. The van der Waals surface area contributed by atoms with Gasteiger partial charge in [-0.3, -0.25) is 9.88 Å². The molecule has 0 atom stereocenters. The molecule has 0 unspecified atom stereocenters. The summed E-state index contributed by atoms with van der Waals surface area (Å²) in [4.78, 5) is 11.0. The van der Waals surface area contributed by atoms with Gasteiger partial charge < -0.3 is 9.47 Å². The van der Waals surface area contributed by atoms with Gasteiger partial charge in [0.05, 0.1) is 25.1 Å². The number of hydrogen-bond acceptors (Lipinski definition) is 5. The van der Waals surface area contributed by atoms with Crippen molar-refractivity contribution >= 4 is 0 Å². The van der Waals surface area contributed by atoms with Crippen LogP contribution in [0.4, 0.5) is 4.39 Å². The predicted octanol–water partition coefficient (Wildman–Crippen LogP) is 2.85. The van der Waals surface area contributed by atoms with Crippen molar-refractivity contribution in [2.75, 3.05) is 32.9 Å². The van der Waals surface area contributed by atoms with Crippen molar-refractivity contribution in [3.63, 3.8) is 0 Å². The summed E-state index contributed by atoms with van der Waals surface area (Å²) in [7, 11) is 0. The maximum Gasteiger partial charge on any atom is 0.232 e. The highest BCUT2D eigenvalue weighted by Gasteiger charge is 2.09. The summed E-state index contributed by atoms with van der Waals surface area (Å²) >= 11 is 0. The molecular formula is C19H24FN3O2. The number of nitrogens with zero attached hydrogens (tertiary/aromatic N) is 3. The van der Waals surface area contributed by atoms with Crippen LogP contribution < -0.4 is 4.74 Å². The minimum atomic E-state index is -0.188. The number of aryl methyl sites for hydroxylation is 1. The molecule has 0 N–H and O–H groups in total. The third-order valence-corrected chi connectivity index (χ3v) is 4.14. The van der Waals surface area contributed by atoms with Crippen LogP contribution >= 0.6 is 0 Å². The minimum absolute atomic E-state index is 0.188. The molecule has 1 aliphatic rings. The number of rotatable bonds is 2. The van der Waals surface area contributed by atoms with Gasteiger partial charge in [0.25, 0.3) is 0 Å². The van der Waals surface area contributed by atoms with E-state index in [2.05, 4.69) is 14.9 Å². The zero-order valence-electron chi connectivity index (χ0n) is 14.4. The molecule has 0 spiro atoms. The van der Waals surface area contributed by atoms with Crippen molar-refractivity contribution in [1.82, 2.24) is 14.9 Å². The zero-order valence-corrected chi connectivity index (χ0v) is 14.4. The molecule has 2 heterocycles. The molecule has 6 heteroatoms. The smallest absolute Gasteiger partial charge is 0.232 e. The van der Waals surface area contributed by atoms with Gasteiger partial charge in [-0.2, -0.15) is 0 Å². The average molecular weight is 345 g/mol. The van der Waals surface area contributed by atoms with E-state index in [1.54, 1.807) is 24.5 Å². The standard InChI is InChI=1S/C19H24FN3O2/c20-17-5-3-4-16(12-17)15-23-7-2-1-6-18-13-21-14-19(22-18)25-11-10-24-9-8-23/h3-5,12-14H,1-2,6-11,15H2. The third-order valence-electron chi connectivity index (χ3n) is 4.14. The molecule has 0 fully saturated rings. The Morgan fingerprint density at radius 2 is 2.04 bits per heavy atom. The maximum atomic E-state index is 13.4. The van der Waals surface area contributed by atoms with E-state index in [9.17, 15) is 4.39 Å². The highest BCUT2D eigenvalue weighted by Crippen LogP contribution is 2.11. The van der Waals surface area contributed by atoms with Crippen molar-refractivity contribution < 1.29 is 13.9 Å². The van der Waals surface area contributed by atoms with Crippen LogP contribution in [-0.4, -0.2) is 47.8 Å². The number of hydrogen-bond donors (Lipinski definition) is 0. The Kier molecular flexibility index (Phi) is 6.71. The highest BCUT2D eigenvalue weighted by atomic mass is 19.1. The summed E-state index contributed by atoms with van der Waals surface area (Å²) in [6.45, 7) is 4.10. The lowest BCUT2D eigenvalue weighted by Crippen LogP contribution is -2.29. The predicted molar refractivity (Wildman–Crippen MR) is 93.0 cm³/mol. The summed E-state index contributed by atoms with van der Waals surface area (Å²) in [5.41, 5.74) is 1.94. The quantitative estimate of drug-likeness (QED) is 0.838. The van der Waals surface area contributed by atoms with E-state index >= 15 is 0 Å². The van der Waals surface area contributed by atoms with Crippen molar-refractivity contribution in [3.8, 4) is 5.88 Å². The van der Waals surface area contributed by atoms with Gasteiger partial charge >= 0.3 is 0 Å². The lowest BCUT2D eigenvalue weighted by Gasteiger charge is -2.22. The molecule has 1 aromatic heterocycles. The second kappa shape index (κ2) is 9.44. The highest BCUT2D eigenvalue weighted by molar-refractivity contribution is 5.16. The number of fused-ring (bicyclic) bond motifs is 2. The molecule has 0 amide bonds. The van der Waals surface area contributed by atoms with Crippen LogP contribution in [0.5, 0.6) is 5.88 Å². The molecule has 2 bridgehead atoms. The first-order chi connectivity index (χ1) is 12.3. The van der Waals surface area contributed by atoms with Gasteiger partial charge in [0, 0.05) is 19.3 Å². The third kappa shape index (κ3) is 6.07. The normalized spacial score (nSPS) is 17.5. The van der Waals surface area contributed by atoms with E-state index in [0.29, 0.717) is 25.7 Å². The van der Waals surface area contributed by atoms with E-state index in [-0.39, 0.29) is 5.82 Å². The fourth-order valence-corrected chi connectivity index (χ4v) is 2.88. The minimum Gasteiger partial charge on any atom is -0.474 e. The molecule has 0 saturated heterocycles. The first-order valence-corrected chi connectivity index (χ1v) is 8.78. The molecule has 5 nitrogen and oxygen atoms in total. The van der Waals surface area contributed by atoms with Crippen LogP contribution in [0.1, 0.15) is 24.1 Å². The Balaban J connectivity index is 1.59. The Morgan fingerprint density at radius 3 is 2.96 bits per heavy atom. The molecule has 0 radical (unpaired) electrons. The van der Waals surface area contributed by atoms with Crippen LogP contribution in [0.3, 0.4) is 0 Å². The fourth-order valence-electron chi connectivity index (χ4n) is 2.88. The van der Waals surface area contributed by atoms with E-state index in [4.69, 9.17) is 9.47 Å². The van der Waals surface area contributed by atoms with Crippen molar-refractivity contribution in [2.45, 2.75) is 25.8 Å². The van der Waals surface area contributed by atoms with Crippen molar-refractivity contribution in [1.29, 1.82) is 0 Å². The Hall–Kier alpha value is -2.05. The van der Waals surface area contributed by atoms with Crippen LogP contribution in [0.2, 0.25) is 0 Å². The van der Waals surface area contributed by atoms with E-state index in [1.807, 2.05) is 6.07 Å². The van der Waals surface area contributed by atoms with Crippen LogP contribution in [0, 0.1) is 5.82 Å². The van der Waals surface area contributed by atoms with Gasteiger partial charge in [-0.05, 0) is 43.5 Å². The van der Waals surface area contributed by atoms with Crippen LogP contribution in [-0.2, 0) is 17.7 Å². The summed E-state index contributed by atoms with van der Waals surface area (Å²) in [5.74, 6) is 0.373.